The van der Waals surface area contributed by atoms with Gasteiger partial charge >= 0.3 is 0 Å². The minimum atomic E-state index is -4.16. The van der Waals surface area contributed by atoms with Crippen LogP contribution in [0, 0.1) is 26.7 Å². The molecule has 0 saturated carbocycles. The summed E-state index contributed by atoms with van der Waals surface area (Å²) in [6.45, 7) is 10.9. The Bertz CT molecular complexity index is 1470. The third-order valence-corrected chi connectivity index (χ3v) is 9.12. The molecule has 0 unspecified atom stereocenters. The Balaban J connectivity index is 2.09. The fourth-order valence-electron chi connectivity index (χ4n) is 4.35. The molecule has 0 aliphatic heterocycles. The van der Waals surface area contributed by atoms with Gasteiger partial charge in [-0.1, -0.05) is 66.9 Å². The maximum absolute atomic E-state index is 14.1. The van der Waals surface area contributed by atoms with E-state index in [2.05, 4.69) is 5.32 Å². The van der Waals surface area contributed by atoms with E-state index in [1.54, 1.807) is 49.4 Å². The van der Waals surface area contributed by atoms with Crippen molar-refractivity contribution in [1.29, 1.82) is 0 Å². The number of rotatable bonds is 11. The zero-order valence-electron chi connectivity index (χ0n) is 24.2. The molecule has 0 saturated heterocycles. The Kier molecular flexibility index (Phi) is 10.9. The SMILES string of the molecule is Cc1ccc(S(=O)(=O)N(CC(=O)N(Cc2c(Cl)cccc2Cl)[C@H](C)C(=O)NCC(C)C)c2cc(C)cc(C)c2)cc1. The standard InChI is InChI=1S/C31H37Cl2N3O4S/c1-20(2)17-34-31(38)24(6)35(18-27-28(32)8-7-9-29(27)33)30(37)19-36(25-15-22(4)14-23(5)16-25)41(39,40)26-12-10-21(3)11-13-26/h7-16,20,24H,17-19H2,1-6H3,(H,34,38)/t24-/m1/s1. The number of carbonyl (C=O) groups excluding carboxylic acids is 2. The van der Waals surface area contributed by atoms with Crippen LogP contribution in [0.25, 0.3) is 0 Å². The lowest BCUT2D eigenvalue weighted by atomic mass is 10.1. The summed E-state index contributed by atoms with van der Waals surface area (Å²) in [7, 11) is -4.16. The van der Waals surface area contributed by atoms with Crippen LogP contribution in [0.3, 0.4) is 0 Å². The summed E-state index contributed by atoms with van der Waals surface area (Å²) in [5, 5.41) is 3.54. The number of sulfonamides is 1. The van der Waals surface area contributed by atoms with E-state index in [4.69, 9.17) is 23.2 Å². The lowest BCUT2D eigenvalue weighted by Crippen LogP contribution is -2.51. The number of hydrogen-bond donors (Lipinski definition) is 1. The highest BCUT2D eigenvalue weighted by Crippen LogP contribution is 2.29. The molecule has 2 amide bonds. The summed E-state index contributed by atoms with van der Waals surface area (Å²) in [6.07, 6.45) is 0. The van der Waals surface area contributed by atoms with E-state index in [0.717, 1.165) is 21.0 Å². The van der Waals surface area contributed by atoms with Crippen molar-refractivity contribution in [3.05, 3.63) is 93.0 Å². The first-order valence-corrected chi connectivity index (χ1v) is 15.6. The molecule has 3 aromatic carbocycles. The lowest BCUT2D eigenvalue weighted by molar-refractivity contribution is -0.139. The van der Waals surface area contributed by atoms with Crippen molar-refractivity contribution < 1.29 is 18.0 Å². The van der Waals surface area contributed by atoms with Gasteiger partial charge in [0.15, 0.2) is 0 Å². The quantitative estimate of drug-likeness (QED) is 0.273. The molecule has 1 N–H and O–H groups in total. The fraction of sp³-hybridized carbons (Fsp3) is 0.355. The lowest BCUT2D eigenvalue weighted by Gasteiger charge is -2.32. The van der Waals surface area contributed by atoms with Crippen LogP contribution in [-0.2, 0) is 26.2 Å². The average molecular weight is 619 g/mol. The molecule has 3 aromatic rings. The second-order valence-electron chi connectivity index (χ2n) is 10.7. The summed E-state index contributed by atoms with van der Waals surface area (Å²) >= 11 is 12.9. The molecule has 0 heterocycles. The summed E-state index contributed by atoms with van der Waals surface area (Å²) < 4.78 is 29.1. The van der Waals surface area contributed by atoms with E-state index in [-0.39, 0.29) is 23.3 Å². The van der Waals surface area contributed by atoms with Gasteiger partial charge < -0.3 is 10.2 Å². The highest BCUT2D eigenvalue weighted by Gasteiger charge is 2.33. The molecule has 0 fully saturated rings. The highest BCUT2D eigenvalue weighted by molar-refractivity contribution is 7.92. The van der Waals surface area contributed by atoms with Crippen molar-refractivity contribution in [2.45, 2.75) is 59.0 Å². The summed E-state index contributed by atoms with van der Waals surface area (Å²) in [4.78, 5) is 28.6. The summed E-state index contributed by atoms with van der Waals surface area (Å²) in [5.41, 5.74) is 3.41. The van der Waals surface area contributed by atoms with Crippen molar-refractivity contribution in [1.82, 2.24) is 10.2 Å². The molecule has 0 radical (unpaired) electrons. The maximum Gasteiger partial charge on any atom is 0.264 e. The molecular weight excluding hydrogens is 581 g/mol. The Morgan fingerprint density at radius 2 is 1.41 bits per heavy atom. The number of hydrogen-bond acceptors (Lipinski definition) is 4. The van der Waals surface area contributed by atoms with Crippen LogP contribution in [0.5, 0.6) is 0 Å². The molecule has 0 aliphatic rings. The predicted molar refractivity (Wildman–Crippen MR) is 166 cm³/mol. The smallest absolute Gasteiger partial charge is 0.264 e. The second-order valence-corrected chi connectivity index (χ2v) is 13.4. The molecule has 220 valence electrons. The van der Waals surface area contributed by atoms with E-state index < -0.39 is 28.5 Å². The van der Waals surface area contributed by atoms with Gasteiger partial charge in [0, 0.05) is 28.7 Å². The largest absolute Gasteiger partial charge is 0.354 e. The third kappa shape index (κ3) is 8.24. The minimum Gasteiger partial charge on any atom is -0.354 e. The van der Waals surface area contributed by atoms with Gasteiger partial charge in [0.05, 0.1) is 10.6 Å². The van der Waals surface area contributed by atoms with E-state index in [1.165, 1.54) is 17.0 Å². The number of carbonyl (C=O) groups is 2. The molecule has 0 bridgehead atoms. The van der Waals surface area contributed by atoms with Crippen LogP contribution in [0.2, 0.25) is 10.0 Å². The zero-order valence-corrected chi connectivity index (χ0v) is 26.6. The first-order valence-electron chi connectivity index (χ1n) is 13.4. The molecule has 3 rings (SSSR count). The molecular formula is C31H37Cl2N3O4S. The average Bonchev–Trinajstić information content (AvgIpc) is 2.89. The number of nitrogens with zero attached hydrogens (tertiary/aromatic N) is 2. The van der Waals surface area contributed by atoms with Gasteiger partial charge in [-0.15, -0.1) is 0 Å². The van der Waals surface area contributed by atoms with Gasteiger partial charge in [0.1, 0.15) is 12.6 Å². The van der Waals surface area contributed by atoms with Crippen LogP contribution >= 0.6 is 23.2 Å². The Labute approximate surface area is 253 Å². The molecule has 0 spiro atoms. The van der Waals surface area contributed by atoms with Crippen LogP contribution < -0.4 is 9.62 Å². The highest BCUT2D eigenvalue weighted by atomic mass is 35.5. The van der Waals surface area contributed by atoms with Crippen molar-refractivity contribution in [3.63, 3.8) is 0 Å². The number of aryl methyl sites for hydroxylation is 3. The normalized spacial score (nSPS) is 12.2. The molecule has 10 heteroatoms. The van der Waals surface area contributed by atoms with E-state index >= 15 is 0 Å². The fourth-order valence-corrected chi connectivity index (χ4v) is 6.26. The van der Waals surface area contributed by atoms with Gasteiger partial charge in [-0.3, -0.25) is 13.9 Å². The number of amides is 2. The molecule has 1 atom stereocenters. The van der Waals surface area contributed by atoms with Crippen LogP contribution in [0.15, 0.2) is 65.6 Å². The Morgan fingerprint density at radius 1 is 0.854 bits per heavy atom. The van der Waals surface area contributed by atoms with E-state index in [9.17, 15) is 18.0 Å². The van der Waals surface area contributed by atoms with E-state index in [1.807, 2.05) is 40.7 Å². The van der Waals surface area contributed by atoms with Crippen LogP contribution in [0.1, 0.15) is 43.0 Å². The second kappa shape index (κ2) is 13.7. The zero-order chi connectivity index (χ0) is 30.5. The summed E-state index contributed by atoms with van der Waals surface area (Å²) in [5.74, 6) is -0.745. The number of anilines is 1. The third-order valence-electron chi connectivity index (χ3n) is 6.62. The first-order chi connectivity index (χ1) is 19.2. The maximum atomic E-state index is 14.1. The molecule has 0 aromatic heterocycles. The van der Waals surface area contributed by atoms with Gasteiger partial charge in [0.25, 0.3) is 10.0 Å². The predicted octanol–water partition coefficient (Wildman–Crippen LogP) is 6.30. The van der Waals surface area contributed by atoms with E-state index in [0.29, 0.717) is 27.8 Å². The minimum absolute atomic E-state index is 0.0542. The van der Waals surface area contributed by atoms with Gasteiger partial charge in [-0.2, -0.15) is 0 Å². The summed E-state index contributed by atoms with van der Waals surface area (Å²) in [6, 6.07) is 15.9. The number of halogens is 2. The van der Waals surface area contributed by atoms with Gasteiger partial charge in [0.2, 0.25) is 11.8 Å². The Morgan fingerprint density at radius 3 is 1.95 bits per heavy atom. The van der Waals surface area contributed by atoms with Crippen molar-refractivity contribution >= 4 is 50.7 Å². The van der Waals surface area contributed by atoms with Gasteiger partial charge in [-0.05, 0) is 81.1 Å². The van der Waals surface area contributed by atoms with Crippen molar-refractivity contribution in [3.8, 4) is 0 Å². The van der Waals surface area contributed by atoms with Crippen LogP contribution in [-0.4, -0.2) is 44.3 Å². The molecule has 7 nitrogen and oxygen atoms in total. The van der Waals surface area contributed by atoms with Crippen LogP contribution in [0.4, 0.5) is 5.69 Å². The first kappa shape index (κ1) is 32.4. The topological polar surface area (TPSA) is 86.8 Å². The number of nitrogens with one attached hydrogen (secondary N) is 1. The van der Waals surface area contributed by atoms with Crippen molar-refractivity contribution in [2.75, 3.05) is 17.4 Å². The monoisotopic (exact) mass is 617 g/mol. The Hall–Kier alpha value is -3.07. The molecule has 0 aliphatic carbocycles. The number of benzene rings is 3. The van der Waals surface area contributed by atoms with Crippen molar-refractivity contribution in [2.24, 2.45) is 5.92 Å². The van der Waals surface area contributed by atoms with Gasteiger partial charge in [-0.25, -0.2) is 8.42 Å². The molecule has 41 heavy (non-hydrogen) atoms.